The smallest absolute Gasteiger partial charge is 0.277 e. The highest BCUT2D eigenvalue weighted by Gasteiger charge is 2.13. The van der Waals surface area contributed by atoms with E-state index in [0.717, 1.165) is 28.7 Å². The van der Waals surface area contributed by atoms with Gasteiger partial charge < -0.3 is 9.73 Å². The van der Waals surface area contributed by atoms with Crippen LogP contribution in [0.2, 0.25) is 5.02 Å². The van der Waals surface area contributed by atoms with Crippen molar-refractivity contribution < 1.29 is 9.21 Å². The molecule has 3 heterocycles. The van der Waals surface area contributed by atoms with E-state index in [4.69, 9.17) is 16.0 Å². The van der Waals surface area contributed by atoms with Crippen LogP contribution in [-0.2, 0) is 4.79 Å². The van der Waals surface area contributed by atoms with Crippen LogP contribution in [0.4, 0.5) is 5.13 Å². The van der Waals surface area contributed by atoms with Crippen molar-refractivity contribution in [2.24, 2.45) is 0 Å². The van der Waals surface area contributed by atoms with Crippen LogP contribution in [-0.4, -0.2) is 31.8 Å². The summed E-state index contributed by atoms with van der Waals surface area (Å²) in [4.78, 5) is 20.8. The molecule has 4 aromatic rings. The highest BCUT2D eigenvalue weighted by Crippen LogP contribution is 2.26. The Hall–Kier alpha value is -2.75. The van der Waals surface area contributed by atoms with E-state index in [2.05, 4.69) is 25.5 Å². The Kier molecular flexibility index (Phi) is 5.65. The summed E-state index contributed by atoms with van der Waals surface area (Å²) in [5, 5.41) is 14.0. The van der Waals surface area contributed by atoms with Gasteiger partial charge in [-0.25, -0.2) is 4.98 Å². The van der Waals surface area contributed by atoms with E-state index in [1.807, 2.05) is 23.6 Å². The van der Waals surface area contributed by atoms with Crippen molar-refractivity contribution in [1.82, 2.24) is 20.2 Å². The standard InChI is InChI=1S/C18H12ClN5O2S2/c19-12-6-4-11(5-7-12)16-23-24-18(26-16)28-10-15(25)22-17-21-14(9-27-17)13-3-1-2-8-20-13/h1-9H,10H2,(H,21,22,25). The lowest BCUT2D eigenvalue weighted by Gasteiger charge is -1.99. The molecule has 0 aliphatic heterocycles. The number of thioether (sulfide) groups is 1. The van der Waals surface area contributed by atoms with Gasteiger partial charge in [-0.05, 0) is 36.4 Å². The molecule has 3 aromatic heterocycles. The normalized spacial score (nSPS) is 10.8. The van der Waals surface area contributed by atoms with E-state index >= 15 is 0 Å². The Morgan fingerprint density at radius 3 is 2.79 bits per heavy atom. The van der Waals surface area contributed by atoms with Crippen LogP contribution in [0, 0.1) is 0 Å². The number of amides is 1. The molecule has 1 amide bonds. The van der Waals surface area contributed by atoms with E-state index in [1.165, 1.54) is 11.3 Å². The third-order valence-corrected chi connectivity index (χ3v) is 5.33. The van der Waals surface area contributed by atoms with Crippen LogP contribution in [0.25, 0.3) is 22.8 Å². The molecule has 0 atom stereocenters. The molecule has 7 nitrogen and oxygen atoms in total. The highest BCUT2D eigenvalue weighted by molar-refractivity contribution is 7.99. The van der Waals surface area contributed by atoms with Crippen molar-refractivity contribution in [1.29, 1.82) is 0 Å². The molecule has 0 aliphatic rings. The van der Waals surface area contributed by atoms with Crippen molar-refractivity contribution in [3.8, 4) is 22.8 Å². The number of hydrogen-bond acceptors (Lipinski definition) is 8. The molecule has 1 N–H and O–H groups in total. The number of carbonyl (C=O) groups is 1. The highest BCUT2D eigenvalue weighted by atomic mass is 35.5. The van der Waals surface area contributed by atoms with Crippen LogP contribution >= 0.6 is 34.7 Å². The number of benzene rings is 1. The maximum atomic E-state index is 12.2. The van der Waals surface area contributed by atoms with E-state index < -0.39 is 0 Å². The van der Waals surface area contributed by atoms with Crippen molar-refractivity contribution >= 4 is 45.7 Å². The second kappa shape index (κ2) is 8.51. The average Bonchev–Trinajstić information content (AvgIpc) is 3.37. The van der Waals surface area contributed by atoms with Gasteiger partial charge in [0.1, 0.15) is 5.69 Å². The van der Waals surface area contributed by atoms with Gasteiger partial charge in [-0.15, -0.1) is 21.5 Å². The lowest BCUT2D eigenvalue weighted by Crippen LogP contribution is -2.13. The van der Waals surface area contributed by atoms with E-state index in [9.17, 15) is 4.79 Å². The fourth-order valence-corrected chi connectivity index (χ4v) is 3.63. The summed E-state index contributed by atoms with van der Waals surface area (Å²) in [7, 11) is 0. The topological polar surface area (TPSA) is 93.8 Å². The quantitative estimate of drug-likeness (QED) is 0.446. The van der Waals surface area contributed by atoms with Gasteiger partial charge >= 0.3 is 0 Å². The maximum Gasteiger partial charge on any atom is 0.277 e. The Bertz CT molecular complexity index is 1080. The molecule has 10 heteroatoms. The third kappa shape index (κ3) is 4.56. The van der Waals surface area contributed by atoms with Crippen molar-refractivity contribution in [3.63, 3.8) is 0 Å². The summed E-state index contributed by atoms with van der Waals surface area (Å²) in [6.07, 6.45) is 1.70. The molecule has 140 valence electrons. The fraction of sp³-hybridized carbons (Fsp3) is 0.0556. The van der Waals surface area contributed by atoms with Crippen LogP contribution in [0.3, 0.4) is 0 Å². The van der Waals surface area contributed by atoms with E-state index in [0.29, 0.717) is 21.3 Å². The second-order valence-electron chi connectivity index (χ2n) is 5.47. The fourth-order valence-electron chi connectivity index (χ4n) is 2.22. The molecule has 28 heavy (non-hydrogen) atoms. The van der Waals surface area contributed by atoms with Gasteiger partial charge in [0.25, 0.3) is 5.22 Å². The minimum Gasteiger partial charge on any atom is -0.411 e. The number of pyridine rings is 1. The SMILES string of the molecule is O=C(CSc1nnc(-c2ccc(Cl)cc2)o1)Nc1nc(-c2ccccn2)cs1. The second-order valence-corrected chi connectivity index (χ2v) is 7.69. The molecular weight excluding hydrogens is 418 g/mol. The first kappa shape index (κ1) is 18.6. The monoisotopic (exact) mass is 429 g/mol. The number of carbonyl (C=O) groups excluding carboxylic acids is 1. The molecule has 0 fully saturated rings. The third-order valence-electron chi connectivity index (χ3n) is 3.50. The van der Waals surface area contributed by atoms with Gasteiger partial charge in [-0.2, -0.15) is 0 Å². The summed E-state index contributed by atoms with van der Waals surface area (Å²) in [6, 6.07) is 12.7. The Morgan fingerprint density at radius 2 is 2.00 bits per heavy atom. The minimum atomic E-state index is -0.210. The van der Waals surface area contributed by atoms with Crippen LogP contribution in [0.15, 0.2) is 63.7 Å². The predicted octanol–water partition coefficient (Wildman–Crippen LogP) is 4.64. The Balaban J connectivity index is 1.33. The number of anilines is 1. The number of nitrogens with one attached hydrogen (secondary N) is 1. The van der Waals surface area contributed by atoms with Crippen LogP contribution in [0.5, 0.6) is 0 Å². The van der Waals surface area contributed by atoms with E-state index in [-0.39, 0.29) is 11.7 Å². The summed E-state index contributed by atoms with van der Waals surface area (Å²) in [5.41, 5.74) is 2.24. The predicted molar refractivity (Wildman–Crippen MR) is 109 cm³/mol. The van der Waals surface area contributed by atoms with Gasteiger partial charge in [-0.1, -0.05) is 29.4 Å². The minimum absolute atomic E-state index is 0.126. The average molecular weight is 430 g/mol. The van der Waals surface area contributed by atoms with Crippen molar-refractivity contribution in [2.45, 2.75) is 5.22 Å². The van der Waals surface area contributed by atoms with Crippen molar-refractivity contribution in [2.75, 3.05) is 11.1 Å². The van der Waals surface area contributed by atoms with Gasteiger partial charge in [-0.3, -0.25) is 9.78 Å². The maximum absolute atomic E-state index is 12.2. The molecule has 0 bridgehead atoms. The lowest BCUT2D eigenvalue weighted by atomic mass is 10.2. The van der Waals surface area contributed by atoms with E-state index in [1.54, 1.807) is 30.5 Å². The first-order chi connectivity index (χ1) is 13.7. The molecule has 0 unspecified atom stereocenters. The molecule has 0 aliphatic carbocycles. The summed E-state index contributed by atoms with van der Waals surface area (Å²) in [6.45, 7) is 0. The largest absolute Gasteiger partial charge is 0.411 e. The van der Waals surface area contributed by atoms with Gasteiger partial charge in [0, 0.05) is 22.2 Å². The molecule has 1 aromatic carbocycles. The molecule has 4 rings (SSSR count). The number of hydrogen-bond donors (Lipinski definition) is 1. The van der Waals surface area contributed by atoms with Crippen molar-refractivity contribution in [3.05, 3.63) is 59.1 Å². The summed E-state index contributed by atoms with van der Waals surface area (Å²) < 4.78 is 5.57. The molecular formula is C18H12ClN5O2S2. The zero-order valence-corrected chi connectivity index (χ0v) is 16.6. The molecule has 0 spiro atoms. The molecule has 0 saturated heterocycles. The van der Waals surface area contributed by atoms with Crippen LogP contribution < -0.4 is 5.32 Å². The first-order valence-electron chi connectivity index (χ1n) is 8.06. The van der Waals surface area contributed by atoms with Gasteiger partial charge in [0.05, 0.1) is 11.4 Å². The molecule has 0 radical (unpaired) electrons. The van der Waals surface area contributed by atoms with Crippen LogP contribution in [0.1, 0.15) is 0 Å². The Labute approximate surface area is 173 Å². The number of halogens is 1. The number of aromatic nitrogens is 4. The number of thiazole rings is 1. The molecule has 0 saturated carbocycles. The first-order valence-corrected chi connectivity index (χ1v) is 10.3. The number of rotatable bonds is 6. The van der Waals surface area contributed by atoms with Gasteiger partial charge in [0.15, 0.2) is 5.13 Å². The summed E-state index contributed by atoms with van der Waals surface area (Å²) in [5.74, 6) is 0.290. The zero-order chi connectivity index (χ0) is 19.3. The number of nitrogens with zero attached hydrogens (tertiary/aromatic N) is 4. The zero-order valence-electron chi connectivity index (χ0n) is 14.2. The van der Waals surface area contributed by atoms with Gasteiger partial charge in [0.2, 0.25) is 11.8 Å². The lowest BCUT2D eigenvalue weighted by molar-refractivity contribution is -0.113. The Morgan fingerprint density at radius 1 is 1.14 bits per heavy atom. The summed E-state index contributed by atoms with van der Waals surface area (Å²) >= 11 is 8.37.